The maximum absolute atomic E-state index is 11.2. The molecule has 1 aliphatic carbocycles. The maximum Gasteiger partial charge on any atom is 0.219 e. The molecule has 0 aromatic rings. The van der Waals surface area contributed by atoms with Gasteiger partial charge in [-0.25, -0.2) is 0 Å². The van der Waals surface area contributed by atoms with Crippen molar-refractivity contribution in [3.05, 3.63) is 0 Å². The summed E-state index contributed by atoms with van der Waals surface area (Å²) in [7, 11) is 0. The average molecular weight is 270 g/mol. The molecule has 1 saturated heterocycles. The van der Waals surface area contributed by atoms with E-state index >= 15 is 0 Å². The summed E-state index contributed by atoms with van der Waals surface area (Å²) in [5.74, 6) is 0.140. The molecule has 0 radical (unpaired) electrons. The van der Waals surface area contributed by atoms with Gasteiger partial charge < -0.3 is 20.1 Å². The lowest BCUT2D eigenvalue weighted by molar-refractivity contribution is -0.125. The van der Waals surface area contributed by atoms with Crippen molar-refractivity contribution in [1.29, 1.82) is 0 Å². The molecular weight excluding hydrogens is 244 g/mol. The van der Waals surface area contributed by atoms with Gasteiger partial charge in [-0.1, -0.05) is 6.92 Å². The molecule has 2 fully saturated rings. The van der Waals surface area contributed by atoms with Crippen molar-refractivity contribution in [2.24, 2.45) is 0 Å². The number of amides is 1. The van der Waals surface area contributed by atoms with Crippen LogP contribution in [0.1, 0.15) is 39.0 Å². The van der Waals surface area contributed by atoms with Crippen LogP contribution in [0.5, 0.6) is 0 Å². The minimum atomic E-state index is 0.140. The zero-order chi connectivity index (χ0) is 13.7. The Kier molecular flexibility index (Phi) is 5.60. The Labute approximate surface area is 115 Å². The fourth-order valence-corrected chi connectivity index (χ4v) is 2.81. The van der Waals surface area contributed by atoms with E-state index in [2.05, 4.69) is 10.2 Å². The minimum Gasteiger partial charge on any atom is -0.395 e. The topological polar surface area (TPSA) is 61.8 Å². The molecule has 2 rings (SSSR count). The fraction of sp³-hybridized carbons (Fsp3) is 0.929. The number of aliphatic hydroxyl groups excluding tert-OH is 1. The quantitative estimate of drug-likeness (QED) is 0.738. The molecule has 0 unspecified atom stereocenters. The molecule has 0 atom stereocenters. The number of nitrogens with zero attached hydrogens (tertiary/aromatic N) is 1. The molecule has 110 valence electrons. The summed E-state index contributed by atoms with van der Waals surface area (Å²) in [6.45, 7) is 4.94. The minimum absolute atomic E-state index is 0.140. The molecule has 0 spiro atoms. The Bertz CT molecular complexity index is 284. The van der Waals surface area contributed by atoms with Crippen LogP contribution in [0, 0.1) is 0 Å². The van der Waals surface area contributed by atoms with E-state index in [4.69, 9.17) is 9.84 Å². The Morgan fingerprint density at radius 1 is 1.32 bits per heavy atom. The first-order valence-corrected chi connectivity index (χ1v) is 7.49. The molecule has 0 aromatic heterocycles. The molecule has 19 heavy (non-hydrogen) atoms. The Balaban J connectivity index is 1.57. The van der Waals surface area contributed by atoms with Crippen LogP contribution in [0.25, 0.3) is 0 Å². The number of piperidine rings is 1. The highest BCUT2D eigenvalue weighted by molar-refractivity contribution is 5.75. The molecule has 2 aliphatic rings. The van der Waals surface area contributed by atoms with Gasteiger partial charge in [0.15, 0.2) is 0 Å². The van der Waals surface area contributed by atoms with Crippen LogP contribution in [-0.4, -0.2) is 60.4 Å². The van der Waals surface area contributed by atoms with E-state index in [1.807, 2.05) is 6.92 Å². The number of carbonyl (C=O) groups is 1. The summed E-state index contributed by atoms with van der Waals surface area (Å²) in [4.78, 5) is 13.5. The van der Waals surface area contributed by atoms with E-state index < -0.39 is 0 Å². The second kappa shape index (κ2) is 7.22. The number of β-amino-alcohol motifs (C(OH)–C–C–N with tert-alkyl or cyclic N) is 1. The summed E-state index contributed by atoms with van der Waals surface area (Å²) in [6, 6.07) is 0.326. The largest absolute Gasteiger partial charge is 0.395 e. The van der Waals surface area contributed by atoms with E-state index in [0.717, 1.165) is 45.3 Å². The van der Waals surface area contributed by atoms with Gasteiger partial charge in [0.1, 0.15) is 0 Å². The number of ether oxygens (including phenoxy) is 1. The third-order valence-corrected chi connectivity index (χ3v) is 4.12. The Morgan fingerprint density at radius 2 is 2.00 bits per heavy atom. The van der Waals surface area contributed by atoms with Gasteiger partial charge >= 0.3 is 0 Å². The molecule has 2 N–H and O–H groups in total. The van der Waals surface area contributed by atoms with Crippen LogP contribution in [0.4, 0.5) is 0 Å². The summed E-state index contributed by atoms with van der Waals surface area (Å²) in [6.07, 6.45) is 5.29. The lowest BCUT2D eigenvalue weighted by Crippen LogP contribution is -2.49. The van der Waals surface area contributed by atoms with E-state index in [0.29, 0.717) is 24.7 Å². The second-order valence-corrected chi connectivity index (χ2v) is 5.61. The number of rotatable bonds is 6. The smallest absolute Gasteiger partial charge is 0.219 e. The Morgan fingerprint density at radius 3 is 2.58 bits per heavy atom. The number of hydrogen-bond donors (Lipinski definition) is 2. The first kappa shape index (κ1) is 14.8. The number of likely N-dealkylation sites (tertiary alicyclic amines) is 1. The first-order valence-electron chi connectivity index (χ1n) is 7.49. The van der Waals surface area contributed by atoms with E-state index in [1.165, 1.54) is 0 Å². The van der Waals surface area contributed by atoms with Crippen LogP contribution in [0.2, 0.25) is 0 Å². The van der Waals surface area contributed by atoms with Crippen LogP contribution < -0.4 is 5.32 Å². The van der Waals surface area contributed by atoms with E-state index in [1.54, 1.807) is 0 Å². The van der Waals surface area contributed by atoms with Crippen molar-refractivity contribution in [3.8, 4) is 0 Å². The first-order chi connectivity index (χ1) is 9.21. The number of hydrogen-bond acceptors (Lipinski definition) is 4. The van der Waals surface area contributed by atoms with Gasteiger partial charge in [0.2, 0.25) is 5.91 Å². The molecule has 1 heterocycles. The molecular formula is C14H26N2O3. The van der Waals surface area contributed by atoms with Gasteiger partial charge in [-0.3, -0.25) is 4.79 Å². The number of nitrogens with one attached hydrogen (secondary N) is 1. The average Bonchev–Trinajstić information content (AvgIpc) is 2.38. The third kappa shape index (κ3) is 4.44. The standard InChI is InChI=1S/C14H26N2O3/c1-2-14(18)15-11-9-13(10-11)19-12-3-5-16(6-4-12)7-8-17/h11-13,17H,2-10H2,1H3,(H,15,18). The molecule has 0 aromatic carbocycles. The second-order valence-electron chi connectivity index (χ2n) is 5.61. The predicted molar refractivity (Wildman–Crippen MR) is 72.9 cm³/mol. The highest BCUT2D eigenvalue weighted by Crippen LogP contribution is 2.27. The molecule has 1 saturated carbocycles. The highest BCUT2D eigenvalue weighted by Gasteiger charge is 2.33. The predicted octanol–water partition coefficient (Wildman–Crippen LogP) is 0.517. The van der Waals surface area contributed by atoms with Crippen LogP contribution in [0.3, 0.4) is 0 Å². The Hall–Kier alpha value is -0.650. The lowest BCUT2D eigenvalue weighted by Gasteiger charge is -2.40. The van der Waals surface area contributed by atoms with Gasteiger partial charge in [0.05, 0.1) is 18.8 Å². The monoisotopic (exact) mass is 270 g/mol. The summed E-state index contributed by atoms with van der Waals surface area (Å²) >= 11 is 0. The van der Waals surface area contributed by atoms with Crippen molar-refractivity contribution in [2.75, 3.05) is 26.2 Å². The normalized spacial score (nSPS) is 28.9. The molecule has 1 aliphatic heterocycles. The fourth-order valence-electron chi connectivity index (χ4n) is 2.81. The van der Waals surface area contributed by atoms with Crippen molar-refractivity contribution >= 4 is 5.91 Å². The number of carbonyl (C=O) groups excluding carboxylic acids is 1. The molecule has 5 heteroatoms. The molecule has 1 amide bonds. The summed E-state index contributed by atoms with van der Waals surface area (Å²) in [5.41, 5.74) is 0. The van der Waals surface area contributed by atoms with E-state index in [9.17, 15) is 4.79 Å². The SMILES string of the molecule is CCC(=O)NC1CC(OC2CCN(CCO)CC2)C1. The van der Waals surface area contributed by atoms with Gasteiger partial charge in [0, 0.05) is 32.1 Å². The van der Waals surface area contributed by atoms with Gasteiger partial charge in [0.25, 0.3) is 0 Å². The van der Waals surface area contributed by atoms with Gasteiger partial charge in [-0.05, 0) is 25.7 Å². The van der Waals surface area contributed by atoms with Crippen LogP contribution in [-0.2, 0) is 9.53 Å². The van der Waals surface area contributed by atoms with Crippen LogP contribution >= 0.6 is 0 Å². The zero-order valence-corrected chi connectivity index (χ0v) is 11.8. The van der Waals surface area contributed by atoms with Crippen LogP contribution in [0.15, 0.2) is 0 Å². The highest BCUT2D eigenvalue weighted by atomic mass is 16.5. The maximum atomic E-state index is 11.2. The summed E-state index contributed by atoms with van der Waals surface area (Å²) in [5, 5.41) is 11.9. The van der Waals surface area contributed by atoms with Gasteiger partial charge in [-0.15, -0.1) is 0 Å². The number of aliphatic hydroxyl groups is 1. The van der Waals surface area contributed by atoms with Crippen molar-refractivity contribution in [2.45, 2.75) is 57.3 Å². The lowest BCUT2D eigenvalue weighted by atomic mass is 9.88. The van der Waals surface area contributed by atoms with Crippen molar-refractivity contribution in [1.82, 2.24) is 10.2 Å². The molecule has 0 bridgehead atoms. The third-order valence-electron chi connectivity index (χ3n) is 4.12. The van der Waals surface area contributed by atoms with Crippen molar-refractivity contribution in [3.63, 3.8) is 0 Å². The zero-order valence-electron chi connectivity index (χ0n) is 11.8. The molecule has 5 nitrogen and oxygen atoms in total. The van der Waals surface area contributed by atoms with Gasteiger partial charge in [-0.2, -0.15) is 0 Å². The van der Waals surface area contributed by atoms with Crippen molar-refractivity contribution < 1.29 is 14.6 Å². The summed E-state index contributed by atoms with van der Waals surface area (Å²) < 4.78 is 6.06. The van der Waals surface area contributed by atoms with E-state index in [-0.39, 0.29) is 12.5 Å².